The van der Waals surface area contributed by atoms with Crippen LogP contribution in [0.1, 0.15) is 41.0 Å². The average molecular weight is 268 g/mol. The Balaban J connectivity index is 2.93. The van der Waals surface area contributed by atoms with Crippen molar-refractivity contribution in [1.29, 1.82) is 0 Å². The van der Waals surface area contributed by atoms with Gasteiger partial charge in [0.25, 0.3) is 0 Å². The lowest BCUT2D eigenvalue weighted by molar-refractivity contribution is -0.159. The Morgan fingerprint density at radius 2 is 1.89 bits per heavy atom. The summed E-state index contributed by atoms with van der Waals surface area (Å²) < 4.78 is 10.1. The maximum atomic E-state index is 12.0. The van der Waals surface area contributed by atoms with Crippen LogP contribution in [0.15, 0.2) is 11.1 Å². The largest absolute Gasteiger partial charge is 0.462 e. The first-order chi connectivity index (χ1) is 8.67. The van der Waals surface area contributed by atoms with Crippen LogP contribution < -0.4 is 0 Å². The number of ketones is 1. The third kappa shape index (κ3) is 3.66. The van der Waals surface area contributed by atoms with Crippen LogP contribution in [0.2, 0.25) is 0 Å². The molecule has 0 bridgehead atoms. The molecule has 1 atom stereocenters. The fourth-order valence-electron chi connectivity index (χ4n) is 1.95. The molecule has 0 aromatic heterocycles. The highest BCUT2D eigenvalue weighted by Crippen LogP contribution is 2.31. The quantitative estimate of drug-likeness (QED) is 0.576. The van der Waals surface area contributed by atoms with E-state index in [4.69, 9.17) is 9.47 Å². The molecule has 5 nitrogen and oxygen atoms in total. The molecule has 1 rings (SSSR count). The minimum atomic E-state index is -0.675. The number of hydrogen-bond donors (Lipinski definition) is 0. The number of carbonyl (C=O) groups is 3. The Kier molecular flexibility index (Phi) is 4.50. The summed E-state index contributed by atoms with van der Waals surface area (Å²) >= 11 is 0. The first-order valence-electron chi connectivity index (χ1n) is 6.31. The molecule has 0 N–H and O–H groups in total. The van der Waals surface area contributed by atoms with E-state index in [1.165, 1.54) is 0 Å². The van der Waals surface area contributed by atoms with E-state index in [0.717, 1.165) is 0 Å². The third-order valence-corrected chi connectivity index (χ3v) is 2.76. The maximum absolute atomic E-state index is 12.0. The van der Waals surface area contributed by atoms with E-state index in [0.29, 0.717) is 5.57 Å². The molecule has 1 unspecified atom stereocenters. The predicted octanol–water partition coefficient (Wildman–Crippen LogP) is 1.80. The van der Waals surface area contributed by atoms with Crippen molar-refractivity contribution in [2.24, 2.45) is 5.92 Å². The molecule has 0 aromatic carbocycles. The maximum Gasteiger partial charge on any atom is 0.341 e. The first-order valence-corrected chi connectivity index (χ1v) is 6.31. The van der Waals surface area contributed by atoms with Crippen LogP contribution in [-0.2, 0) is 23.9 Å². The van der Waals surface area contributed by atoms with Crippen LogP contribution in [0.4, 0.5) is 0 Å². The van der Waals surface area contributed by atoms with Crippen LogP contribution in [0.3, 0.4) is 0 Å². The minimum Gasteiger partial charge on any atom is -0.462 e. The van der Waals surface area contributed by atoms with E-state index >= 15 is 0 Å². The van der Waals surface area contributed by atoms with Gasteiger partial charge in [-0.05, 0) is 40.2 Å². The molecule has 1 aliphatic rings. The molecule has 0 fully saturated rings. The van der Waals surface area contributed by atoms with Crippen molar-refractivity contribution >= 4 is 17.7 Å². The van der Waals surface area contributed by atoms with Gasteiger partial charge >= 0.3 is 11.9 Å². The van der Waals surface area contributed by atoms with E-state index in [9.17, 15) is 14.4 Å². The van der Waals surface area contributed by atoms with Crippen molar-refractivity contribution in [1.82, 2.24) is 0 Å². The molecule has 5 heteroatoms. The Morgan fingerprint density at radius 1 is 1.32 bits per heavy atom. The summed E-state index contributed by atoms with van der Waals surface area (Å²) in [6, 6.07) is 0. The molecule has 0 spiro atoms. The van der Waals surface area contributed by atoms with Crippen molar-refractivity contribution in [3.8, 4) is 0 Å². The fraction of sp³-hybridized carbons (Fsp3) is 0.643. The molecule has 0 saturated carbocycles. The van der Waals surface area contributed by atoms with Crippen molar-refractivity contribution in [3.05, 3.63) is 11.1 Å². The van der Waals surface area contributed by atoms with Gasteiger partial charge in [-0.1, -0.05) is 0 Å². The highest BCUT2D eigenvalue weighted by atomic mass is 16.6. The third-order valence-electron chi connectivity index (χ3n) is 2.76. The van der Waals surface area contributed by atoms with Gasteiger partial charge in [0.05, 0.1) is 12.5 Å². The number of rotatable bonds is 3. The van der Waals surface area contributed by atoms with Gasteiger partial charge < -0.3 is 9.47 Å². The molecule has 106 valence electrons. The number of hydrogen-bond acceptors (Lipinski definition) is 5. The number of esters is 2. The standard InChI is InChI=1S/C14H20O5/c1-6-18-13(17)11-8(2)9(7-10(11)15)12(16)19-14(3,4)5/h9H,6-7H2,1-5H3. The van der Waals surface area contributed by atoms with Crippen molar-refractivity contribution in [3.63, 3.8) is 0 Å². The Hall–Kier alpha value is -1.65. The molecule has 19 heavy (non-hydrogen) atoms. The highest BCUT2D eigenvalue weighted by Gasteiger charge is 2.40. The van der Waals surface area contributed by atoms with E-state index in [-0.39, 0.29) is 24.4 Å². The van der Waals surface area contributed by atoms with Gasteiger partial charge in [-0.2, -0.15) is 0 Å². The molecule has 0 aliphatic heterocycles. The zero-order valence-electron chi connectivity index (χ0n) is 12.0. The molecule has 0 saturated heterocycles. The van der Waals surface area contributed by atoms with Gasteiger partial charge in [0.2, 0.25) is 0 Å². The predicted molar refractivity (Wildman–Crippen MR) is 68.3 cm³/mol. The van der Waals surface area contributed by atoms with Crippen molar-refractivity contribution < 1.29 is 23.9 Å². The minimum absolute atomic E-state index is 0.00212. The van der Waals surface area contributed by atoms with Gasteiger partial charge in [-0.3, -0.25) is 9.59 Å². The zero-order valence-corrected chi connectivity index (χ0v) is 12.0. The Morgan fingerprint density at radius 3 is 2.37 bits per heavy atom. The topological polar surface area (TPSA) is 69.7 Å². The molecule has 0 radical (unpaired) electrons. The lowest BCUT2D eigenvalue weighted by Gasteiger charge is -2.22. The Bertz CT molecular complexity index is 439. The lowest BCUT2D eigenvalue weighted by Crippen LogP contribution is -2.28. The monoisotopic (exact) mass is 268 g/mol. The lowest BCUT2D eigenvalue weighted by atomic mass is 10.0. The SMILES string of the molecule is CCOC(=O)C1=C(C)C(C(=O)OC(C)(C)C)CC1=O. The van der Waals surface area contributed by atoms with Crippen LogP contribution in [0.25, 0.3) is 0 Å². The van der Waals surface area contributed by atoms with Gasteiger partial charge in [0.15, 0.2) is 5.78 Å². The van der Waals surface area contributed by atoms with Crippen LogP contribution in [0.5, 0.6) is 0 Å². The number of carbonyl (C=O) groups excluding carboxylic acids is 3. The smallest absolute Gasteiger partial charge is 0.341 e. The second kappa shape index (κ2) is 5.55. The van der Waals surface area contributed by atoms with E-state index in [2.05, 4.69) is 0 Å². The highest BCUT2D eigenvalue weighted by molar-refractivity contribution is 6.21. The summed E-state index contributed by atoms with van der Waals surface area (Å²) in [6.07, 6.45) is -0.0190. The molecule has 0 heterocycles. The van der Waals surface area contributed by atoms with Gasteiger partial charge in [-0.15, -0.1) is 0 Å². The molecule has 0 aromatic rings. The Labute approximate surface area is 112 Å². The second-order valence-corrected chi connectivity index (χ2v) is 5.49. The molecular formula is C14H20O5. The van der Waals surface area contributed by atoms with Crippen molar-refractivity contribution in [2.45, 2.75) is 46.6 Å². The van der Waals surface area contributed by atoms with Crippen LogP contribution >= 0.6 is 0 Å². The summed E-state index contributed by atoms with van der Waals surface area (Å²) in [5.41, 5.74) is -0.178. The zero-order chi connectivity index (χ0) is 14.8. The normalized spacial score (nSPS) is 19.6. The van der Waals surface area contributed by atoms with Crippen molar-refractivity contribution in [2.75, 3.05) is 6.61 Å². The molecule has 0 amide bonds. The fourth-order valence-corrected chi connectivity index (χ4v) is 1.95. The molecule has 1 aliphatic carbocycles. The summed E-state index contributed by atoms with van der Waals surface area (Å²) in [7, 11) is 0. The summed E-state index contributed by atoms with van der Waals surface area (Å²) in [5.74, 6) is -2.16. The van der Waals surface area contributed by atoms with E-state index in [1.807, 2.05) is 0 Å². The van der Waals surface area contributed by atoms with Gasteiger partial charge in [-0.25, -0.2) is 4.79 Å². The van der Waals surface area contributed by atoms with Gasteiger partial charge in [0, 0.05) is 6.42 Å². The summed E-state index contributed by atoms with van der Waals surface area (Å²) in [4.78, 5) is 35.5. The second-order valence-electron chi connectivity index (χ2n) is 5.49. The summed E-state index contributed by atoms with van der Waals surface area (Å²) in [6.45, 7) is 8.73. The van der Waals surface area contributed by atoms with Gasteiger partial charge in [0.1, 0.15) is 11.2 Å². The van der Waals surface area contributed by atoms with Crippen LogP contribution in [-0.4, -0.2) is 29.9 Å². The summed E-state index contributed by atoms with van der Waals surface area (Å²) in [5, 5.41) is 0. The van der Waals surface area contributed by atoms with E-state index < -0.39 is 23.5 Å². The first kappa shape index (κ1) is 15.4. The average Bonchev–Trinajstić information content (AvgIpc) is 2.52. The number of Topliss-reactive ketones (excluding diaryl/α,β-unsaturated/α-hetero) is 1. The molecular weight excluding hydrogens is 248 g/mol. The number of ether oxygens (including phenoxy) is 2. The van der Waals surface area contributed by atoms with E-state index in [1.54, 1.807) is 34.6 Å². The van der Waals surface area contributed by atoms with Crippen LogP contribution in [0, 0.1) is 5.92 Å².